The highest BCUT2D eigenvalue weighted by molar-refractivity contribution is 5.91. The number of fused-ring (bicyclic) bond motifs is 1. The van der Waals surface area contributed by atoms with Gasteiger partial charge >= 0.3 is 0 Å². The van der Waals surface area contributed by atoms with Crippen LogP contribution in [0.4, 0.5) is 11.5 Å². The van der Waals surface area contributed by atoms with E-state index in [0.29, 0.717) is 6.54 Å². The number of nitrogens with one attached hydrogen (secondary N) is 1. The average Bonchev–Trinajstić information content (AvgIpc) is 2.87. The van der Waals surface area contributed by atoms with Gasteiger partial charge in [0.25, 0.3) is 0 Å². The van der Waals surface area contributed by atoms with Gasteiger partial charge in [0, 0.05) is 74.4 Å². The molecule has 0 aliphatic carbocycles. The molecule has 34 heavy (non-hydrogen) atoms. The molecule has 1 aliphatic rings. The molecule has 0 unspecified atom stereocenters. The third-order valence-corrected chi connectivity index (χ3v) is 6.19. The lowest BCUT2D eigenvalue weighted by Gasteiger charge is -2.35. The van der Waals surface area contributed by atoms with E-state index in [1.807, 2.05) is 36.2 Å². The fourth-order valence-electron chi connectivity index (χ4n) is 4.25. The third-order valence-electron chi connectivity index (χ3n) is 6.19. The summed E-state index contributed by atoms with van der Waals surface area (Å²) in [7, 11) is 0. The van der Waals surface area contributed by atoms with Crippen molar-refractivity contribution in [1.29, 1.82) is 0 Å². The number of anilines is 2. The van der Waals surface area contributed by atoms with Crippen molar-refractivity contribution in [2.24, 2.45) is 0 Å². The minimum Gasteiger partial charge on any atom is -0.368 e. The highest BCUT2D eigenvalue weighted by Crippen LogP contribution is 2.26. The van der Waals surface area contributed by atoms with Gasteiger partial charge in [-0.25, -0.2) is 9.97 Å². The second-order valence-corrected chi connectivity index (χ2v) is 8.51. The van der Waals surface area contributed by atoms with E-state index >= 15 is 0 Å². The summed E-state index contributed by atoms with van der Waals surface area (Å²) in [4.78, 5) is 33.6. The van der Waals surface area contributed by atoms with Gasteiger partial charge in [0.15, 0.2) is 0 Å². The van der Waals surface area contributed by atoms with Gasteiger partial charge in [-0.2, -0.15) is 0 Å². The van der Waals surface area contributed by atoms with E-state index in [-0.39, 0.29) is 5.91 Å². The summed E-state index contributed by atoms with van der Waals surface area (Å²) in [6, 6.07) is 14.4. The zero-order valence-corrected chi connectivity index (χ0v) is 19.4. The van der Waals surface area contributed by atoms with Crippen molar-refractivity contribution in [3.63, 3.8) is 0 Å². The Labute approximate surface area is 198 Å². The van der Waals surface area contributed by atoms with Crippen LogP contribution >= 0.6 is 0 Å². The van der Waals surface area contributed by atoms with E-state index in [1.54, 1.807) is 19.4 Å². The molecule has 0 saturated carbocycles. The van der Waals surface area contributed by atoms with Gasteiger partial charge in [-0.05, 0) is 48.9 Å². The number of carbonyl (C=O) groups excluding carboxylic acids is 1. The molecular weight excluding hydrogens is 426 g/mol. The first-order chi connectivity index (χ1) is 16.6. The second kappa shape index (κ2) is 9.43. The van der Waals surface area contributed by atoms with Crippen LogP contribution in [0, 0.1) is 6.92 Å². The quantitative estimate of drug-likeness (QED) is 0.493. The Morgan fingerprint density at radius 1 is 0.971 bits per heavy atom. The van der Waals surface area contributed by atoms with Crippen molar-refractivity contribution in [2.75, 3.05) is 36.4 Å². The minimum atomic E-state index is 0.138. The number of aryl methyl sites for hydroxylation is 1. The number of piperazine rings is 1. The van der Waals surface area contributed by atoms with E-state index < -0.39 is 0 Å². The fourth-order valence-corrected chi connectivity index (χ4v) is 4.25. The fraction of sp³-hybridized carbons (Fsp3) is 0.269. The van der Waals surface area contributed by atoms with Crippen LogP contribution in [0.1, 0.15) is 18.2 Å². The number of amides is 1. The minimum absolute atomic E-state index is 0.138. The first-order valence-electron chi connectivity index (χ1n) is 11.4. The summed E-state index contributed by atoms with van der Waals surface area (Å²) in [5.41, 5.74) is 6.05. The van der Waals surface area contributed by atoms with Crippen molar-refractivity contribution in [3.05, 3.63) is 72.4 Å². The van der Waals surface area contributed by atoms with Crippen molar-refractivity contribution >= 4 is 28.3 Å². The predicted molar refractivity (Wildman–Crippen MR) is 134 cm³/mol. The van der Waals surface area contributed by atoms with Gasteiger partial charge in [-0.1, -0.05) is 6.07 Å². The summed E-state index contributed by atoms with van der Waals surface area (Å²) in [6.07, 6.45) is 5.29. The highest BCUT2D eigenvalue weighted by Gasteiger charge is 2.19. The predicted octanol–water partition coefficient (Wildman–Crippen LogP) is 3.68. The Bertz CT molecular complexity index is 1310. The van der Waals surface area contributed by atoms with E-state index in [0.717, 1.165) is 71.1 Å². The third kappa shape index (κ3) is 4.66. The molecule has 0 radical (unpaired) electrons. The lowest BCUT2D eigenvalue weighted by molar-refractivity contribution is -0.129. The topological polar surface area (TPSA) is 87.1 Å². The summed E-state index contributed by atoms with van der Waals surface area (Å²) >= 11 is 0. The van der Waals surface area contributed by atoms with Crippen molar-refractivity contribution in [1.82, 2.24) is 24.8 Å². The van der Waals surface area contributed by atoms with E-state index in [9.17, 15) is 4.79 Å². The van der Waals surface area contributed by atoms with E-state index in [2.05, 4.69) is 54.4 Å². The molecule has 1 aliphatic heterocycles. The van der Waals surface area contributed by atoms with Crippen LogP contribution in [0.25, 0.3) is 22.2 Å². The molecule has 5 rings (SSSR count). The number of rotatable bonds is 5. The Balaban J connectivity index is 1.27. The van der Waals surface area contributed by atoms with Crippen LogP contribution in [-0.4, -0.2) is 56.9 Å². The lowest BCUT2D eigenvalue weighted by Crippen LogP contribution is -2.48. The zero-order valence-electron chi connectivity index (χ0n) is 19.4. The molecule has 8 nitrogen and oxygen atoms in total. The van der Waals surface area contributed by atoms with Crippen LogP contribution < -0.4 is 10.2 Å². The number of nitrogens with zero attached hydrogens (tertiary/aromatic N) is 6. The molecule has 0 atom stereocenters. The van der Waals surface area contributed by atoms with Crippen molar-refractivity contribution in [2.45, 2.75) is 20.4 Å². The summed E-state index contributed by atoms with van der Waals surface area (Å²) < 4.78 is 0. The monoisotopic (exact) mass is 453 g/mol. The van der Waals surface area contributed by atoms with Crippen LogP contribution in [0.15, 0.2) is 61.2 Å². The molecular formula is C26H27N7O. The summed E-state index contributed by atoms with van der Waals surface area (Å²) in [5.74, 6) is 0.936. The van der Waals surface area contributed by atoms with Gasteiger partial charge in [-0.15, -0.1) is 0 Å². The molecule has 1 saturated heterocycles. The van der Waals surface area contributed by atoms with Gasteiger partial charge in [0.2, 0.25) is 5.91 Å². The van der Waals surface area contributed by atoms with Crippen LogP contribution in [0.2, 0.25) is 0 Å². The normalized spacial score (nSPS) is 13.8. The molecule has 4 heterocycles. The number of carbonyl (C=O) groups is 1. The largest absolute Gasteiger partial charge is 0.368 e. The summed E-state index contributed by atoms with van der Waals surface area (Å²) in [5, 5.41) is 4.41. The van der Waals surface area contributed by atoms with Crippen LogP contribution in [0.5, 0.6) is 0 Å². The smallest absolute Gasteiger partial charge is 0.219 e. The molecule has 1 fully saturated rings. The van der Waals surface area contributed by atoms with Gasteiger partial charge in [-0.3, -0.25) is 14.8 Å². The van der Waals surface area contributed by atoms with Gasteiger partial charge in [0.05, 0.1) is 11.2 Å². The lowest BCUT2D eigenvalue weighted by atomic mass is 10.1. The molecule has 4 aromatic rings. The molecule has 172 valence electrons. The maximum Gasteiger partial charge on any atom is 0.219 e. The summed E-state index contributed by atoms with van der Waals surface area (Å²) in [6.45, 7) is 7.36. The van der Waals surface area contributed by atoms with Gasteiger partial charge < -0.3 is 15.1 Å². The molecule has 1 N–H and O–H groups in total. The Hall–Kier alpha value is -4.07. The molecule has 8 heteroatoms. The number of hydrogen-bond donors (Lipinski definition) is 1. The van der Waals surface area contributed by atoms with E-state index in [1.165, 1.54) is 0 Å². The van der Waals surface area contributed by atoms with Crippen LogP contribution in [0.3, 0.4) is 0 Å². The Morgan fingerprint density at radius 3 is 2.56 bits per heavy atom. The molecule has 3 aromatic heterocycles. The Morgan fingerprint density at radius 2 is 1.82 bits per heavy atom. The van der Waals surface area contributed by atoms with Gasteiger partial charge in [0.1, 0.15) is 12.1 Å². The maximum atomic E-state index is 11.6. The number of pyridine rings is 2. The van der Waals surface area contributed by atoms with Crippen molar-refractivity contribution in [3.8, 4) is 11.3 Å². The molecule has 0 spiro atoms. The Kier molecular flexibility index (Phi) is 6.03. The number of benzene rings is 1. The maximum absolute atomic E-state index is 11.6. The van der Waals surface area contributed by atoms with Crippen molar-refractivity contribution < 1.29 is 4.79 Å². The van der Waals surface area contributed by atoms with E-state index in [4.69, 9.17) is 0 Å². The molecule has 1 aromatic carbocycles. The highest BCUT2D eigenvalue weighted by atomic mass is 16.2. The number of aromatic nitrogens is 4. The molecule has 1 amide bonds. The average molecular weight is 454 g/mol. The SMILES string of the molecule is CC(=O)N1CCN(c2ccc3c(NCc4ccc(-c5ccnc(C)c5)nc4)ncnc3c2)CC1. The standard InChI is InChI=1S/C26H27N7O/c1-18-13-21(7-8-27-18)24-6-3-20(15-28-24)16-29-26-23-5-4-22(14-25(23)30-17-31-26)33-11-9-32(10-12-33)19(2)34/h3-8,13-15,17H,9-12,16H2,1-2H3,(H,29,30,31). The first kappa shape index (κ1) is 21.8. The number of hydrogen-bond acceptors (Lipinski definition) is 7. The molecule has 0 bridgehead atoms. The second-order valence-electron chi connectivity index (χ2n) is 8.51. The first-order valence-corrected chi connectivity index (χ1v) is 11.4. The zero-order chi connectivity index (χ0) is 23.5. The van der Waals surface area contributed by atoms with Crippen LogP contribution in [-0.2, 0) is 11.3 Å².